The largest absolute Gasteiger partial charge is 0.468 e. The molecule has 1 aliphatic heterocycles. The zero-order chi connectivity index (χ0) is 8.39. The summed E-state index contributed by atoms with van der Waals surface area (Å²) in [6, 6.07) is 4.57. The Morgan fingerprint density at radius 3 is 3.08 bits per heavy atom. The van der Waals surface area contributed by atoms with E-state index in [1.165, 1.54) is 25.8 Å². The highest BCUT2D eigenvalue weighted by Crippen LogP contribution is 2.29. The summed E-state index contributed by atoms with van der Waals surface area (Å²) in [5, 5.41) is 0. The molecule has 0 spiro atoms. The molecule has 12 heavy (non-hydrogen) atoms. The molecule has 1 fully saturated rings. The maximum Gasteiger partial charge on any atom is 0.120 e. The van der Waals surface area contributed by atoms with E-state index in [0.29, 0.717) is 6.04 Å². The van der Waals surface area contributed by atoms with Gasteiger partial charge in [0.15, 0.2) is 0 Å². The van der Waals surface area contributed by atoms with Crippen LogP contribution in [0.4, 0.5) is 0 Å². The molecular weight excluding hydrogens is 150 g/mol. The molecule has 2 nitrogen and oxygen atoms in total. The first-order valence-electron chi connectivity index (χ1n) is 4.61. The van der Waals surface area contributed by atoms with E-state index in [4.69, 9.17) is 4.42 Å². The summed E-state index contributed by atoms with van der Waals surface area (Å²) in [7, 11) is 2.17. The van der Waals surface area contributed by atoms with Crippen LogP contribution in [0, 0.1) is 0 Å². The minimum absolute atomic E-state index is 0.522. The van der Waals surface area contributed by atoms with Crippen molar-refractivity contribution < 1.29 is 4.42 Å². The summed E-state index contributed by atoms with van der Waals surface area (Å²) in [6.07, 6.45) is 5.66. The molecule has 0 N–H and O–H groups in total. The third-order valence-corrected chi connectivity index (χ3v) is 2.64. The number of hydrogen-bond acceptors (Lipinski definition) is 2. The third kappa shape index (κ3) is 1.39. The van der Waals surface area contributed by atoms with Crippen LogP contribution in [0.25, 0.3) is 0 Å². The summed E-state index contributed by atoms with van der Waals surface area (Å²) >= 11 is 0. The molecule has 0 amide bonds. The van der Waals surface area contributed by atoms with Crippen molar-refractivity contribution in [3.8, 4) is 0 Å². The average Bonchev–Trinajstić information content (AvgIpc) is 2.57. The Bertz CT molecular complexity index is 230. The van der Waals surface area contributed by atoms with Crippen LogP contribution >= 0.6 is 0 Å². The minimum atomic E-state index is 0.522. The Morgan fingerprint density at radius 2 is 2.42 bits per heavy atom. The Kier molecular flexibility index (Phi) is 2.17. The van der Waals surface area contributed by atoms with Gasteiger partial charge >= 0.3 is 0 Å². The Morgan fingerprint density at radius 1 is 1.50 bits per heavy atom. The molecule has 1 aliphatic rings. The van der Waals surface area contributed by atoms with Crippen LogP contribution in [0.15, 0.2) is 22.8 Å². The molecule has 2 rings (SSSR count). The van der Waals surface area contributed by atoms with Gasteiger partial charge in [0.1, 0.15) is 5.76 Å². The Hall–Kier alpha value is -0.760. The number of likely N-dealkylation sites (tertiary alicyclic amines) is 1. The van der Waals surface area contributed by atoms with E-state index in [1.54, 1.807) is 6.26 Å². The maximum atomic E-state index is 5.40. The fraction of sp³-hybridized carbons (Fsp3) is 0.600. The highest BCUT2D eigenvalue weighted by atomic mass is 16.3. The van der Waals surface area contributed by atoms with Gasteiger partial charge < -0.3 is 4.42 Å². The molecule has 66 valence electrons. The maximum absolute atomic E-state index is 5.40. The molecule has 0 radical (unpaired) electrons. The molecule has 1 atom stereocenters. The lowest BCUT2D eigenvalue weighted by Gasteiger charge is -2.30. The van der Waals surface area contributed by atoms with Gasteiger partial charge in [-0.15, -0.1) is 0 Å². The van der Waals surface area contributed by atoms with E-state index in [2.05, 4.69) is 18.0 Å². The van der Waals surface area contributed by atoms with Gasteiger partial charge in [-0.2, -0.15) is 0 Å². The predicted octanol–water partition coefficient (Wildman–Crippen LogP) is 2.44. The zero-order valence-corrected chi connectivity index (χ0v) is 7.49. The molecule has 1 aromatic rings. The second-order valence-corrected chi connectivity index (χ2v) is 3.51. The molecule has 0 saturated carbocycles. The second-order valence-electron chi connectivity index (χ2n) is 3.51. The fourth-order valence-electron chi connectivity index (χ4n) is 1.92. The van der Waals surface area contributed by atoms with Crippen molar-refractivity contribution in [1.82, 2.24) is 4.90 Å². The van der Waals surface area contributed by atoms with Crippen molar-refractivity contribution in [2.45, 2.75) is 25.3 Å². The molecule has 0 aliphatic carbocycles. The van der Waals surface area contributed by atoms with Crippen molar-refractivity contribution in [2.75, 3.05) is 13.6 Å². The standard InChI is InChI=1S/C10H15NO/c1-11-7-3-2-5-9(11)10-6-4-8-12-10/h4,6,8-9H,2-3,5,7H2,1H3. The van der Waals surface area contributed by atoms with Crippen molar-refractivity contribution >= 4 is 0 Å². The molecule has 0 bridgehead atoms. The summed E-state index contributed by atoms with van der Waals surface area (Å²) in [4.78, 5) is 2.38. The van der Waals surface area contributed by atoms with Crippen LogP contribution in [-0.2, 0) is 0 Å². The smallest absolute Gasteiger partial charge is 0.120 e. The lowest BCUT2D eigenvalue weighted by molar-refractivity contribution is 0.164. The van der Waals surface area contributed by atoms with E-state index in [-0.39, 0.29) is 0 Å². The van der Waals surface area contributed by atoms with Crippen molar-refractivity contribution in [3.05, 3.63) is 24.2 Å². The molecule has 1 saturated heterocycles. The van der Waals surface area contributed by atoms with Gasteiger partial charge in [-0.05, 0) is 38.6 Å². The normalized spacial score (nSPS) is 25.9. The summed E-state index contributed by atoms with van der Waals surface area (Å²) in [6.45, 7) is 1.20. The first-order chi connectivity index (χ1) is 5.88. The van der Waals surface area contributed by atoms with Gasteiger partial charge in [0, 0.05) is 0 Å². The molecule has 0 aromatic carbocycles. The van der Waals surface area contributed by atoms with Crippen LogP contribution < -0.4 is 0 Å². The number of nitrogens with zero attached hydrogens (tertiary/aromatic N) is 1. The lowest BCUT2D eigenvalue weighted by Crippen LogP contribution is -2.29. The van der Waals surface area contributed by atoms with E-state index < -0.39 is 0 Å². The van der Waals surface area contributed by atoms with Gasteiger partial charge in [0.25, 0.3) is 0 Å². The number of piperidine rings is 1. The van der Waals surface area contributed by atoms with Gasteiger partial charge in [0.05, 0.1) is 12.3 Å². The first kappa shape index (κ1) is 7.87. The lowest BCUT2D eigenvalue weighted by atomic mass is 10.0. The average molecular weight is 165 g/mol. The molecule has 1 aromatic heterocycles. The topological polar surface area (TPSA) is 16.4 Å². The molecule has 2 heteroatoms. The van der Waals surface area contributed by atoms with Crippen molar-refractivity contribution in [3.63, 3.8) is 0 Å². The number of furan rings is 1. The Labute approximate surface area is 73.2 Å². The van der Waals surface area contributed by atoms with Crippen LogP contribution in [-0.4, -0.2) is 18.5 Å². The SMILES string of the molecule is CN1CCCCC1c1ccco1. The first-order valence-corrected chi connectivity index (χ1v) is 4.61. The quantitative estimate of drug-likeness (QED) is 0.635. The summed E-state index contributed by atoms with van der Waals surface area (Å²) in [5.41, 5.74) is 0. The summed E-state index contributed by atoms with van der Waals surface area (Å²) < 4.78 is 5.40. The minimum Gasteiger partial charge on any atom is -0.468 e. The highest BCUT2D eigenvalue weighted by Gasteiger charge is 2.22. The highest BCUT2D eigenvalue weighted by molar-refractivity contribution is 5.05. The Balaban J connectivity index is 2.11. The molecular formula is C10H15NO. The van der Waals surface area contributed by atoms with E-state index in [9.17, 15) is 0 Å². The van der Waals surface area contributed by atoms with Gasteiger partial charge in [-0.1, -0.05) is 6.42 Å². The van der Waals surface area contributed by atoms with E-state index in [1.807, 2.05) is 6.07 Å². The van der Waals surface area contributed by atoms with Crippen LogP contribution in [0.2, 0.25) is 0 Å². The second kappa shape index (κ2) is 3.31. The van der Waals surface area contributed by atoms with Crippen LogP contribution in [0.3, 0.4) is 0 Å². The summed E-state index contributed by atoms with van der Waals surface area (Å²) in [5.74, 6) is 1.12. The van der Waals surface area contributed by atoms with Gasteiger partial charge in [-0.3, -0.25) is 4.90 Å². The predicted molar refractivity (Wildman–Crippen MR) is 47.9 cm³/mol. The third-order valence-electron chi connectivity index (χ3n) is 2.64. The number of rotatable bonds is 1. The van der Waals surface area contributed by atoms with Crippen molar-refractivity contribution in [1.29, 1.82) is 0 Å². The van der Waals surface area contributed by atoms with E-state index in [0.717, 1.165) is 5.76 Å². The molecule has 2 heterocycles. The van der Waals surface area contributed by atoms with Crippen molar-refractivity contribution in [2.24, 2.45) is 0 Å². The number of hydrogen-bond donors (Lipinski definition) is 0. The van der Waals surface area contributed by atoms with Crippen LogP contribution in [0.1, 0.15) is 31.1 Å². The van der Waals surface area contributed by atoms with E-state index >= 15 is 0 Å². The fourth-order valence-corrected chi connectivity index (χ4v) is 1.92. The zero-order valence-electron chi connectivity index (χ0n) is 7.49. The van der Waals surface area contributed by atoms with Gasteiger partial charge in [0.2, 0.25) is 0 Å². The van der Waals surface area contributed by atoms with Gasteiger partial charge in [-0.25, -0.2) is 0 Å². The molecule has 1 unspecified atom stereocenters. The monoisotopic (exact) mass is 165 g/mol. The van der Waals surface area contributed by atoms with Crippen LogP contribution in [0.5, 0.6) is 0 Å².